The lowest BCUT2D eigenvalue weighted by molar-refractivity contribution is -0.260. The Bertz CT molecular complexity index is 402. The Kier molecular flexibility index (Phi) is 15.4. The molecule has 0 saturated heterocycles. The highest BCUT2D eigenvalue weighted by atomic mass is 32.9. The molecular formula is C17H35O6PS2. The van der Waals surface area contributed by atoms with Crippen LogP contribution < -0.4 is 0 Å². The number of hydrogen-bond acceptors (Lipinski definition) is 7. The van der Waals surface area contributed by atoms with Crippen LogP contribution in [0.2, 0.25) is 0 Å². The molecule has 0 rings (SSSR count). The Balaban J connectivity index is 4.72. The van der Waals surface area contributed by atoms with Gasteiger partial charge in [-0.1, -0.05) is 58.8 Å². The molecule has 0 aliphatic carbocycles. The SMILES string of the molecule is CCCC(C)COOP(=S)(OOCC(C)CCC)SC(CC)CC(=O)O. The van der Waals surface area contributed by atoms with Crippen molar-refractivity contribution in [2.75, 3.05) is 13.2 Å². The molecule has 0 aromatic carbocycles. The quantitative estimate of drug-likeness (QED) is 0.172. The fourth-order valence-corrected chi connectivity index (χ4v) is 7.05. The molecule has 0 spiro atoms. The zero-order valence-electron chi connectivity index (χ0n) is 16.6. The van der Waals surface area contributed by atoms with Gasteiger partial charge in [-0.15, -0.1) is 0 Å². The molecule has 1 N–H and O–H groups in total. The predicted octanol–water partition coefficient (Wildman–Crippen LogP) is 5.97. The van der Waals surface area contributed by atoms with E-state index in [1.54, 1.807) is 0 Å². The van der Waals surface area contributed by atoms with Crippen LogP contribution in [-0.2, 0) is 35.7 Å². The Morgan fingerprint density at radius 3 is 1.85 bits per heavy atom. The van der Waals surface area contributed by atoms with Crippen LogP contribution in [0.3, 0.4) is 0 Å². The molecule has 0 fully saturated rings. The van der Waals surface area contributed by atoms with Gasteiger partial charge in [-0.3, -0.25) is 4.79 Å². The molecule has 0 saturated carbocycles. The van der Waals surface area contributed by atoms with Crippen molar-refractivity contribution in [3.8, 4) is 0 Å². The van der Waals surface area contributed by atoms with E-state index in [2.05, 4.69) is 27.7 Å². The second kappa shape index (κ2) is 15.3. The van der Waals surface area contributed by atoms with Crippen molar-refractivity contribution < 1.29 is 29.0 Å². The topological polar surface area (TPSA) is 74.2 Å². The summed E-state index contributed by atoms with van der Waals surface area (Å²) in [5.74, 6) is -0.180. The molecule has 0 bridgehead atoms. The average molecular weight is 431 g/mol. The predicted molar refractivity (Wildman–Crippen MR) is 110 cm³/mol. The monoisotopic (exact) mass is 430 g/mol. The fraction of sp³-hybridized carbons (Fsp3) is 0.941. The molecule has 0 aromatic rings. The van der Waals surface area contributed by atoms with E-state index in [-0.39, 0.29) is 11.7 Å². The summed E-state index contributed by atoms with van der Waals surface area (Å²) in [6.07, 6.45) is 4.83. The van der Waals surface area contributed by atoms with Crippen LogP contribution in [0.15, 0.2) is 0 Å². The van der Waals surface area contributed by atoms with Crippen molar-refractivity contribution in [3.05, 3.63) is 0 Å². The first kappa shape index (κ1) is 26.3. The highest BCUT2D eigenvalue weighted by Gasteiger charge is 2.29. The van der Waals surface area contributed by atoms with Crippen molar-refractivity contribution in [3.63, 3.8) is 0 Å². The van der Waals surface area contributed by atoms with Crippen molar-refractivity contribution in [2.45, 2.75) is 78.4 Å². The Hall–Kier alpha value is 0.310. The first-order chi connectivity index (χ1) is 12.3. The minimum atomic E-state index is -2.96. The standard InChI is InChI=1S/C17H35O6PS2/c1-6-9-14(4)12-20-22-24(25,23-21-13-15(5)10-7-2)26-16(8-3)11-17(18)19/h14-16H,6-13H2,1-5H3,(H,18,19). The normalized spacial score (nSPS) is 17.4. The van der Waals surface area contributed by atoms with Gasteiger partial charge in [-0.05, 0) is 42.9 Å². The summed E-state index contributed by atoms with van der Waals surface area (Å²) in [7, 11) is 0. The van der Waals surface area contributed by atoms with Crippen molar-refractivity contribution >= 4 is 34.9 Å². The van der Waals surface area contributed by atoms with Crippen LogP contribution in [-0.4, -0.2) is 29.5 Å². The second-order valence-corrected chi connectivity index (χ2v) is 13.0. The number of carbonyl (C=O) groups is 1. The van der Waals surface area contributed by atoms with E-state index in [4.69, 9.17) is 36.0 Å². The number of rotatable bonds is 17. The van der Waals surface area contributed by atoms with Gasteiger partial charge < -0.3 is 5.11 Å². The lowest BCUT2D eigenvalue weighted by Gasteiger charge is -2.23. The zero-order valence-corrected chi connectivity index (χ0v) is 19.2. The van der Waals surface area contributed by atoms with Gasteiger partial charge >= 0.3 is 11.7 Å². The minimum Gasteiger partial charge on any atom is -0.481 e. The largest absolute Gasteiger partial charge is 0.481 e. The molecule has 26 heavy (non-hydrogen) atoms. The highest BCUT2D eigenvalue weighted by molar-refractivity contribution is 8.68. The number of hydrogen-bond donors (Lipinski definition) is 1. The minimum absolute atomic E-state index is 0.00917. The third-order valence-electron chi connectivity index (χ3n) is 3.69. The van der Waals surface area contributed by atoms with Gasteiger partial charge in [0.1, 0.15) is 0 Å². The zero-order chi connectivity index (χ0) is 20.0. The second-order valence-electron chi connectivity index (χ2n) is 6.69. The van der Waals surface area contributed by atoms with E-state index in [1.807, 2.05) is 6.92 Å². The van der Waals surface area contributed by atoms with Gasteiger partial charge in [0.2, 0.25) is 0 Å². The van der Waals surface area contributed by atoms with Crippen LogP contribution in [0.5, 0.6) is 0 Å². The smallest absolute Gasteiger partial charge is 0.307 e. The molecule has 0 amide bonds. The lowest BCUT2D eigenvalue weighted by Crippen LogP contribution is -2.12. The molecule has 0 heterocycles. The number of carboxylic acids is 1. The molecule has 3 atom stereocenters. The molecule has 0 aromatic heterocycles. The summed E-state index contributed by atoms with van der Waals surface area (Å²) < 4.78 is 10.9. The van der Waals surface area contributed by atoms with Crippen LogP contribution >= 0.6 is 17.1 Å². The van der Waals surface area contributed by atoms with E-state index in [1.165, 1.54) is 11.4 Å². The summed E-state index contributed by atoms with van der Waals surface area (Å²) in [6, 6.07) is 0. The van der Waals surface area contributed by atoms with E-state index in [0.717, 1.165) is 25.7 Å². The van der Waals surface area contributed by atoms with Crippen LogP contribution in [0.1, 0.15) is 73.1 Å². The first-order valence-electron chi connectivity index (χ1n) is 9.38. The molecule has 0 aliphatic rings. The molecule has 0 radical (unpaired) electrons. The summed E-state index contributed by atoms with van der Waals surface area (Å²) in [4.78, 5) is 21.7. The van der Waals surface area contributed by atoms with Gasteiger partial charge in [0.25, 0.3) is 0 Å². The molecule has 156 valence electrons. The van der Waals surface area contributed by atoms with Crippen molar-refractivity contribution in [1.82, 2.24) is 0 Å². The maximum absolute atomic E-state index is 11.0. The molecule has 9 heteroatoms. The van der Waals surface area contributed by atoms with Crippen molar-refractivity contribution in [1.29, 1.82) is 0 Å². The average Bonchev–Trinajstić information content (AvgIpc) is 2.54. The van der Waals surface area contributed by atoms with Gasteiger partial charge in [0.15, 0.2) is 0 Å². The highest BCUT2D eigenvalue weighted by Crippen LogP contribution is 2.64. The third-order valence-corrected chi connectivity index (χ3v) is 8.50. The van der Waals surface area contributed by atoms with Gasteiger partial charge in [0, 0.05) is 5.25 Å². The van der Waals surface area contributed by atoms with Gasteiger partial charge in [0.05, 0.1) is 19.6 Å². The number of carboxylic acid groups (broad SMARTS) is 1. The summed E-state index contributed by atoms with van der Waals surface area (Å²) in [6.45, 7) is 11.1. The summed E-state index contributed by atoms with van der Waals surface area (Å²) in [5.41, 5.74) is -2.96. The van der Waals surface area contributed by atoms with E-state index >= 15 is 0 Å². The Morgan fingerprint density at radius 2 is 1.50 bits per heavy atom. The molecule has 0 aliphatic heterocycles. The van der Waals surface area contributed by atoms with Gasteiger partial charge in [-0.2, -0.15) is 9.35 Å². The summed E-state index contributed by atoms with van der Waals surface area (Å²) >= 11 is 6.72. The fourth-order valence-electron chi connectivity index (χ4n) is 2.26. The summed E-state index contributed by atoms with van der Waals surface area (Å²) in [5, 5.41) is 8.83. The number of aliphatic carboxylic acids is 1. The molecule has 3 unspecified atom stereocenters. The van der Waals surface area contributed by atoms with E-state index in [0.29, 0.717) is 31.5 Å². The Morgan fingerprint density at radius 1 is 1.04 bits per heavy atom. The van der Waals surface area contributed by atoms with Gasteiger partial charge in [-0.25, -0.2) is 9.78 Å². The van der Waals surface area contributed by atoms with Crippen molar-refractivity contribution in [2.24, 2.45) is 11.8 Å². The third kappa shape index (κ3) is 13.5. The van der Waals surface area contributed by atoms with Crippen LogP contribution in [0.4, 0.5) is 0 Å². The van der Waals surface area contributed by atoms with E-state index < -0.39 is 11.7 Å². The maximum atomic E-state index is 11.0. The van der Waals surface area contributed by atoms with E-state index in [9.17, 15) is 4.79 Å². The maximum Gasteiger partial charge on any atom is 0.307 e. The van der Waals surface area contributed by atoms with Crippen LogP contribution in [0.25, 0.3) is 0 Å². The lowest BCUT2D eigenvalue weighted by atomic mass is 10.1. The Labute approximate surface area is 167 Å². The molecular weight excluding hydrogens is 395 g/mol. The first-order valence-corrected chi connectivity index (χ1v) is 13.5. The molecule has 6 nitrogen and oxygen atoms in total. The van der Waals surface area contributed by atoms with Crippen LogP contribution in [0, 0.1) is 11.8 Å².